The number of benzene rings is 2. The van der Waals surface area contributed by atoms with E-state index >= 15 is 0 Å². The maximum absolute atomic E-state index is 13.5. The van der Waals surface area contributed by atoms with Gasteiger partial charge in [-0.25, -0.2) is 0 Å². The maximum Gasteiger partial charge on any atom is 0.262 e. The van der Waals surface area contributed by atoms with Crippen LogP contribution < -0.4 is 19.5 Å². The van der Waals surface area contributed by atoms with Crippen LogP contribution in [0.3, 0.4) is 0 Å². The zero-order valence-corrected chi connectivity index (χ0v) is 18.5. The van der Waals surface area contributed by atoms with E-state index in [1.165, 1.54) is 14.2 Å². The Morgan fingerprint density at radius 1 is 1.00 bits per heavy atom. The Hall–Kier alpha value is -3.22. The molecule has 1 heterocycles. The molecule has 2 amide bonds. The van der Waals surface area contributed by atoms with Crippen LogP contribution in [0, 0.1) is 0 Å². The Morgan fingerprint density at radius 3 is 2.23 bits per heavy atom. The number of carbonyl (C=O) groups is 2. The van der Waals surface area contributed by atoms with Crippen LogP contribution >= 0.6 is 0 Å². The molecule has 0 saturated carbocycles. The summed E-state index contributed by atoms with van der Waals surface area (Å²) >= 11 is 0. The Labute approximate surface area is 183 Å². The number of nitrogens with zero attached hydrogens (tertiary/aromatic N) is 1. The van der Waals surface area contributed by atoms with E-state index in [1.807, 2.05) is 23.1 Å². The number of piperidine rings is 1. The van der Waals surface area contributed by atoms with Gasteiger partial charge in [0.2, 0.25) is 0 Å². The lowest BCUT2D eigenvalue weighted by Crippen LogP contribution is -2.47. The number of hydrogen-bond donors (Lipinski definition) is 1. The molecule has 0 aliphatic carbocycles. The predicted octanol–water partition coefficient (Wildman–Crippen LogP) is 4.12. The van der Waals surface area contributed by atoms with Crippen LogP contribution in [-0.2, 0) is 4.79 Å². The number of methoxy groups -OCH3 is 2. The molecule has 2 atom stereocenters. The van der Waals surface area contributed by atoms with Gasteiger partial charge in [0.1, 0.15) is 5.75 Å². The fourth-order valence-corrected chi connectivity index (χ4v) is 3.97. The number of anilines is 1. The number of nitrogens with one attached hydrogen (secondary N) is 1. The van der Waals surface area contributed by atoms with Gasteiger partial charge in [-0.15, -0.1) is 0 Å². The normalized spacial score (nSPS) is 18.3. The second kappa shape index (κ2) is 10.2. The first kappa shape index (κ1) is 22.5. The molecule has 31 heavy (non-hydrogen) atoms. The molecule has 3 rings (SSSR count). The van der Waals surface area contributed by atoms with Gasteiger partial charge in [0, 0.05) is 18.2 Å². The van der Waals surface area contributed by atoms with Gasteiger partial charge >= 0.3 is 0 Å². The minimum atomic E-state index is -0.370. The lowest BCUT2D eigenvalue weighted by atomic mass is 9.96. The molecular formula is C24H30N2O5. The van der Waals surface area contributed by atoms with Gasteiger partial charge < -0.3 is 24.4 Å². The third kappa shape index (κ3) is 5.29. The van der Waals surface area contributed by atoms with E-state index in [-0.39, 0.29) is 30.5 Å². The SMILES string of the molecule is COc1cc(NC(=O)COc2ccccc2)c(C(=O)N2[C@H](C)CCC[C@@H]2C)cc1OC. The molecule has 166 valence electrons. The Balaban J connectivity index is 1.87. The standard InChI is InChI=1S/C24H30N2O5/c1-16-9-8-10-17(2)26(16)24(28)19-13-21(29-3)22(30-4)14-20(19)25-23(27)15-31-18-11-6-5-7-12-18/h5-7,11-14,16-17H,8-10,15H2,1-4H3,(H,25,27)/t16-,17+. The molecule has 7 nitrogen and oxygen atoms in total. The molecule has 1 aliphatic rings. The Bertz CT molecular complexity index is 906. The van der Waals surface area contributed by atoms with Crippen molar-refractivity contribution in [3.05, 3.63) is 48.0 Å². The molecule has 1 fully saturated rings. The Morgan fingerprint density at radius 2 is 1.61 bits per heavy atom. The van der Waals surface area contributed by atoms with Crippen molar-refractivity contribution in [2.24, 2.45) is 0 Å². The highest BCUT2D eigenvalue weighted by molar-refractivity contribution is 6.05. The van der Waals surface area contributed by atoms with Crippen LogP contribution in [0.5, 0.6) is 17.2 Å². The second-order valence-corrected chi connectivity index (χ2v) is 7.74. The average molecular weight is 427 g/mol. The van der Waals surface area contributed by atoms with E-state index in [0.29, 0.717) is 28.5 Å². The third-order valence-corrected chi connectivity index (χ3v) is 5.57. The molecule has 0 unspecified atom stereocenters. The molecule has 0 aromatic heterocycles. The maximum atomic E-state index is 13.5. The highest BCUT2D eigenvalue weighted by Crippen LogP contribution is 2.35. The van der Waals surface area contributed by atoms with Crippen molar-refractivity contribution in [2.45, 2.75) is 45.2 Å². The molecule has 1 aliphatic heterocycles. The number of ether oxygens (including phenoxy) is 3. The van der Waals surface area contributed by atoms with Crippen LogP contribution in [0.4, 0.5) is 5.69 Å². The molecule has 7 heteroatoms. The molecular weight excluding hydrogens is 396 g/mol. The minimum Gasteiger partial charge on any atom is -0.493 e. The smallest absolute Gasteiger partial charge is 0.262 e. The first-order valence-electron chi connectivity index (χ1n) is 10.5. The Kier molecular flexibility index (Phi) is 7.39. The van der Waals surface area contributed by atoms with Crippen molar-refractivity contribution in [2.75, 3.05) is 26.1 Å². The van der Waals surface area contributed by atoms with E-state index in [0.717, 1.165) is 19.3 Å². The monoisotopic (exact) mass is 426 g/mol. The summed E-state index contributed by atoms with van der Waals surface area (Å²) in [6.45, 7) is 3.93. The van der Waals surface area contributed by atoms with Crippen molar-refractivity contribution >= 4 is 17.5 Å². The molecule has 2 aromatic rings. The largest absolute Gasteiger partial charge is 0.493 e. The fourth-order valence-electron chi connectivity index (χ4n) is 3.97. The van der Waals surface area contributed by atoms with Crippen LogP contribution in [0.1, 0.15) is 43.5 Å². The number of likely N-dealkylation sites (tertiary alicyclic amines) is 1. The van der Waals surface area contributed by atoms with Crippen molar-refractivity contribution in [1.82, 2.24) is 4.90 Å². The quantitative estimate of drug-likeness (QED) is 0.721. The van der Waals surface area contributed by atoms with E-state index in [1.54, 1.807) is 24.3 Å². The number of hydrogen-bond acceptors (Lipinski definition) is 5. The highest BCUT2D eigenvalue weighted by atomic mass is 16.5. The van der Waals surface area contributed by atoms with Crippen LogP contribution in [0.25, 0.3) is 0 Å². The van der Waals surface area contributed by atoms with E-state index in [4.69, 9.17) is 14.2 Å². The number of para-hydroxylation sites is 1. The second-order valence-electron chi connectivity index (χ2n) is 7.74. The fraction of sp³-hybridized carbons (Fsp3) is 0.417. The summed E-state index contributed by atoms with van der Waals surface area (Å²) in [4.78, 5) is 28.0. The summed E-state index contributed by atoms with van der Waals surface area (Å²) in [6, 6.07) is 12.6. The summed E-state index contributed by atoms with van der Waals surface area (Å²) < 4.78 is 16.3. The van der Waals surface area contributed by atoms with Crippen molar-refractivity contribution in [1.29, 1.82) is 0 Å². The third-order valence-electron chi connectivity index (χ3n) is 5.57. The van der Waals surface area contributed by atoms with E-state index in [9.17, 15) is 9.59 Å². The molecule has 0 radical (unpaired) electrons. The summed E-state index contributed by atoms with van der Waals surface area (Å²) in [5.74, 6) is 0.946. The zero-order valence-electron chi connectivity index (χ0n) is 18.5. The first-order valence-corrected chi connectivity index (χ1v) is 10.5. The van der Waals surface area contributed by atoms with Gasteiger partial charge in [0.25, 0.3) is 11.8 Å². The van der Waals surface area contributed by atoms with E-state index < -0.39 is 0 Å². The molecule has 0 bridgehead atoms. The van der Waals surface area contributed by atoms with Crippen molar-refractivity contribution in [3.8, 4) is 17.2 Å². The summed E-state index contributed by atoms with van der Waals surface area (Å²) in [5.41, 5.74) is 0.737. The molecule has 0 spiro atoms. The molecule has 2 aromatic carbocycles. The minimum absolute atomic E-state index is 0.120. The van der Waals surface area contributed by atoms with Gasteiger partial charge in [-0.1, -0.05) is 18.2 Å². The van der Waals surface area contributed by atoms with Gasteiger partial charge in [-0.05, 0) is 51.3 Å². The molecule has 1 N–H and O–H groups in total. The van der Waals surface area contributed by atoms with Crippen LogP contribution in [0.15, 0.2) is 42.5 Å². The first-order chi connectivity index (χ1) is 14.9. The summed E-state index contributed by atoms with van der Waals surface area (Å²) in [7, 11) is 3.03. The number of carbonyl (C=O) groups excluding carboxylic acids is 2. The average Bonchev–Trinajstić information content (AvgIpc) is 2.77. The lowest BCUT2D eigenvalue weighted by Gasteiger charge is -2.39. The van der Waals surface area contributed by atoms with Crippen molar-refractivity contribution < 1.29 is 23.8 Å². The highest BCUT2D eigenvalue weighted by Gasteiger charge is 2.32. The van der Waals surface area contributed by atoms with Crippen molar-refractivity contribution in [3.63, 3.8) is 0 Å². The number of amides is 2. The number of rotatable bonds is 7. The van der Waals surface area contributed by atoms with Gasteiger partial charge in [-0.3, -0.25) is 9.59 Å². The topological polar surface area (TPSA) is 77.1 Å². The zero-order chi connectivity index (χ0) is 22.4. The van der Waals surface area contributed by atoms with E-state index in [2.05, 4.69) is 19.2 Å². The summed E-state index contributed by atoms with van der Waals surface area (Å²) in [6.07, 6.45) is 3.00. The summed E-state index contributed by atoms with van der Waals surface area (Å²) in [5, 5.41) is 2.81. The van der Waals surface area contributed by atoms with Gasteiger partial charge in [0.05, 0.1) is 25.5 Å². The molecule has 1 saturated heterocycles. The van der Waals surface area contributed by atoms with Gasteiger partial charge in [0.15, 0.2) is 18.1 Å². The van der Waals surface area contributed by atoms with Crippen LogP contribution in [0.2, 0.25) is 0 Å². The van der Waals surface area contributed by atoms with Gasteiger partial charge in [-0.2, -0.15) is 0 Å². The predicted molar refractivity (Wildman–Crippen MR) is 119 cm³/mol. The van der Waals surface area contributed by atoms with Crippen LogP contribution in [-0.4, -0.2) is 49.6 Å². The lowest BCUT2D eigenvalue weighted by molar-refractivity contribution is -0.118.